The van der Waals surface area contributed by atoms with E-state index in [1.165, 1.54) is 0 Å². The van der Waals surface area contributed by atoms with Crippen LogP contribution >= 0.6 is 0 Å². The number of hydrogen-bond donors (Lipinski definition) is 8. The van der Waals surface area contributed by atoms with Crippen molar-refractivity contribution in [1.82, 2.24) is 0 Å². The second kappa shape index (κ2) is 17.8. The molecule has 8 amide bonds. The van der Waals surface area contributed by atoms with Gasteiger partial charge in [0.2, 0.25) is 47.3 Å². The van der Waals surface area contributed by atoms with Gasteiger partial charge in [-0.25, -0.2) is 0 Å². The van der Waals surface area contributed by atoms with Gasteiger partial charge in [-0.2, -0.15) is 0 Å². The van der Waals surface area contributed by atoms with E-state index in [0.29, 0.717) is 0 Å². The van der Waals surface area contributed by atoms with Crippen molar-refractivity contribution in [1.29, 1.82) is 0 Å². The first kappa shape index (κ1) is 52.6. The summed E-state index contributed by atoms with van der Waals surface area (Å²) in [5.41, 5.74) is 60.6. The number of rotatable bonds is 12. The van der Waals surface area contributed by atoms with E-state index in [1.807, 2.05) is 72.8 Å². The highest BCUT2D eigenvalue weighted by molar-refractivity contribution is 6.08. The van der Waals surface area contributed by atoms with Gasteiger partial charge < -0.3 is 45.9 Å². The Bertz CT molecular complexity index is 3890. The van der Waals surface area contributed by atoms with E-state index < -0.39 is 74.3 Å². The molecule has 85 heavy (non-hydrogen) atoms. The molecule has 0 bridgehead atoms. The van der Waals surface area contributed by atoms with E-state index in [0.717, 1.165) is 134 Å². The Kier molecular flexibility index (Phi) is 11.0. The Morgan fingerprint density at radius 1 is 0.224 bits per heavy atom. The van der Waals surface area contributed by atoms with Crippen LogP contribution in [0.3, 0.4) is 0 Å². The molecule has 1 spiro atoms. The summed E-state index contributed by atoms with van der Waals surface area (Å²) in [6.45, 7) is 0. The summed E-state index contributed by atoms with van der Waals surface area (Å²) in [6.07, 6.45) is 0.647. The Labute approximate surface area is 486 Å². The van der Waals surface area contributed by atoms with Crippen molar-refractivity contribution < 1.29 is 38.4 Å². The summed E-state index contributed by atoms with van der Waals surface area (Å²) >= 11 is 0. The molecule has 0 radical (unpaired) electrons. The highest BCUT2D eigenvalue weighted by atomic mass is 16.2. The van der Waals surface area contributed by atoms with Crippen LogP contribution in [0.2, 0.25) is 0 Å². The lowest BCUT2D eigenvalue weighted by Crippen LogP contribution is -2.48. The maximum atomic E-state index is 12.9. The van der Waals surface area contributed by atoms with Gasteiger partial charge in [0.05, 0.1) is 5.41 Å². The van der Waals surface area contributed by atoms with Crippen LogP contribution in [0.25, 0.3) is 66.8 Å². The summed E-state index contributed by atoms with van der Waals surface area (Å²) in [4.78, 5) is 103. The Hall–Kier alpha value is -10.5. The van der Waals surface area contributed by atoms with Crippen LogP contribution < -0.4 is 45.9 Å². The maximum Gasteiger partial charge on any atom is 0.233 e. The number of fused-ring (bicyclic) bond motifs is 14. The van der Waals surface area contributed by atoms with E-state index in [1.54, 1.807) is 0 Å². The molecule has 16 N–H and O–H groups in total. The minimum atomic E-state index is -1.56. The highest BCUT2D eigenvalue weighted by Crippen LogP contribution is 2.65. The van der Waals surface area contributed by atoms with Gasteiger partial charge in [0.15, 0.2) is 0 Å². The molecule has 0 unspecified atom stereocenters. The predicted octanol–water partition coefficient (Wildman–Crippen LogP) is 4.92. The Morgan fingerprint density at radius 2 is 0.388 bits per heavy atom. The summed E-state index contributed by atoms with van der Waals surface area (Å²) in [5, 5.41) is 0. The molecule has 0 heterocycles. The van der Waals surface area contributed by atoms with E-state index in [2.05, 4.69) is 72.8 Å². The third-order valence-electron chi connectivity index (χ3n) is 20.1. The molecular formula is C69H56N8O8. The molecule has 0 saturated heterocycles. The Morgan fingerprint density at radius 3 is 0.576 bits per heavy atom. The molecule has 16 heteroatoms. The topological polar surface area (TPSA) is 345 Å². The van der Waals surface area contributed by atoms with Crippen LogP contribution in [0, 0.1) is 21.7 Å². The zero-order chi connectivity index (χ0) is 59.6. The zero-order valence-corrected chi connectivity index (χ0v) is 45.9. The summed E-state index contributed by atoms with van der Waals surface area (Å²) in [5.74, 6) is -6.19. The lowest BCUT2D eigenvalue weighted by molar-refractivity contribution is -0.140. The lowest BCUT2D eigenvalue weighted by Gasteiger charge is -2.32. The van der Waals surface area contributed by atoms with E-state index in [9.17, 15) is 38.4 Å². The number of benzene rings is 8. The molecule has 0 saturated carbocycles. The predicted molar refractivity (Wildman–Crippen MR) is 317 cm³/mol. The van der Waals surface area contributed by atoms with Crippen molar-refractivity contribution in [3.05, 3.63) is 212 Å². The van der Waals surface area contributed by atoms with Gasteiger partial charge in [-0.05, 0) is 209 Å². The molecule has 8 aromatic rings. The maximum absolute atomic E-state index is 12.9. The quantitative estimate of drug-likeness (QED) is 0.0775. The smallest absolute Gasteiger partial charge is 0.233 e. The minimum absolute atomic E-state index is 0.0639. The first-order chi connectivity index (χ1) is 40.5. The fourth-order valence-electron chi connectivity index (χ4n) is 15.2. The van der Waals surface area contributed by atoms with Crippen LogP contribution in [-0.2, 0) is 95.1 Å². The third-order valence-corrected chi connectivity index (χ3v) is 20.1. The summed E-state index contributed by atoms with van der Waals surface area (Å²) < 4.78 is 0. The monoisotopic (exact) mass is 1120 g/mol. The van der Waals surface area contributed by atoms with Gasteiger partial charge in [0.1, 0.15) is 21.7 Å². The number of primary amides is 8. The average molecular weight is 1130 g/mol. The van der Waals surface area contributed by atoms with Crippen molar-refractivity contribution >= 4 is 47.3 Å². The third kappa shape index (κ3) is 7.14. The van der Waals surface area contributed by atoms with Gasteiger partial charge in [0.25, 0.3) is 0 Å². The van der Waals surface area contributed by atoms with Crippen LogP contribution in [0.1, 0.15) is 66.8 Å². The summed E-state index contributed by atoms with van der Waals surface area (Å²) in [7, 11) is 0. The number of hydrogen-bond acceptors (Lipinski definition) is 8. The van der Waals surface area contributed by atoms with E-state index in [4.69, 9.17) is 45.9 Å². The average Bonchev–Trinajstić information content (AvgIpc) is 1.52. The van der Waals surface area contributed by atoms with Crippen LogP contribution in [0.5, 0.6) is 0 Å². The molecule has 0 aliphatic heterocycles. The molecule has 16 nitrogen and oxygen atoms in total. The number of carbonyl (C=O) groups excluding carboxylic acids is 8. The van der Waals surface area contributed by atoms with Crippen molar-refractivity contribution in [3.63, 3.8) is 0 Å². The minimum Gasteiger partial charge on any atom is -0.369 e. The van der Waals surface area contributed by atoms with Crippen molar-refractivity contribution in [3.8, 4) is 66.8 Å². The molecule has 6 aliphatic rings. The molecule has 6 aliphatic carbocycles. The largest absolute Gasteiger partial charge is 0.369 e. The second-order valence-corrected chi connectivity index (χ2v) is 24.4. The Balaban J connectivity index is 1.00. The van der Waals surface area contributed by atoms with Crippen LogP contribution in [0.15, 0.2) is 146 Å². The second-order valence-electron chi connectivity index (χ2n) is 24.4. The van der Waals surface area contributed by atoms with Crippen molar-refractivity contribution in [2.75, 3.05) is 0 Å². The van der Waals surface area contributed by atoms with E-state index in [-0.39, 0.29) is 51.4 Å². The van der Waals surface area contributed by atoms with E-state index >= 15 is 0 Å². The molecule has 14 rings (SSSR count). The summed E-state index contributed by atoms with van der Waals surface area (Å²) in [6, 6.07) is 49.3. The highest BCUT2D eigenvalue weighted by Gasteiger charge is 2.55. The first-order valence-electron chi connectivity index (χ1n) is 28.0. The van der Waals surface area contributed by atoms with Gasteiger partial charge in [-0.3, -0.25) is 38.4 Å². The molecule has 0 aromatic heterocycles. The van der Waals surface area contributed by atoms with Crippen molar-refractivity contribution in [2.45, 2.75) is 56.8 Å². The normalized spacial score (nSPS) is 17.3. The zero-order valence-electron chi connectivity index (χ0n) is 45.9. The number of nitrogens with two attached hydrogens (primary N) is 8. The number of carbonyl (C=O) groups is 8. The molecule has 0 fully saturated rings. The standard InChI is InChI=1S/C69H56N8O8/c70-57(78)65(58(71)79)25-41-5-1-33(17-45(41)29-65)37-9-13-49-50-14-10-38(34-2-6-42-26-66(59(72)80,60(73)81)30-46(42)18-34)22-54(50)69(53(49)21-37)55-23-39(35-3-7-43-27-67(61(74)82,62(75)83)31-47(43)19-35)11-15-51(55)52-16-12-40(24-56(52)69)36-4-8-44-28-68(63(76)84,64(77)85)32-48(44)20-36/h1-24H,25-32H2,(H2,70,78)(H2,71,79)(H2,72,80)(H2,73,81)(H2,74,82)(H2,75,83)(H2,76,84)(H2,77,85). The van der Waals surface area contributed by atoms with Crippen LogP contribution in [0.4, 0.5) is 0 Å². The molecule has 420 valence electrons. The van der Waals surface area contributed by atoms with Gasteiger partial charge in [-0.15, -0.1) is 0 Å². The first-order valence-corrected chi connectivity index (χ1v) is 28.0. The molecular weight excluding hydrogens is 1070 g/mol. The number of amides is 8. The lowest BCUT2D eigenvalue weighted by atomic mass is 9.69. The van der Waals surface area contributed by atoms with Gasteiger partial charge in [0, 0.05) is 0 Å². The van der Waals surface area contributed by atoms with Gasteiger partial charge in [-0.1, -0.05) is 121 Å². The molecule has 0 atom stereocenters. The fourth-order valence-corrected chi connectivity index (χ4v) is 15.2. The molecule has 8 aromatic carbocycles. The van der Waals surface area contributed by atoms with Crippen molar-refractivity contribution in [2.24, 2.45) is 67.5 Å². The van der Waals surface area contributed by atoms with Gasteiger partial charge >= 0.3 is 0 Å². The van der Waals surface area contributed by atoms with Crippen LogP contribution in [-0.4, -0.2) is 47.3 Å². The fraction of sp³-hybridized carbons (Fsp3) is 0.188. The SMILES string of the molecule is NC(=O)C1(C(N)=O)Cc2ccc(-c3ccc4c(c3)C3(c5cc(-c6ccc7c(c6)CC(C(N)=O)(C(N)=O)C7)ccc5-4)c4cc(-c5ccc6c(c5)CC(C(N)=O)(C(N)=O)C6)ccc4-c4ccc(-c5ccc6c(c5)CC(C(N)=O)(C(N)=O)C6)cc43)cc2C1.